The molecule has 0 unspecified atom stereocenters. The molecule has 0 saturated carbocycles. The monoisotopic (exact) mass is 172 g/mol. The van der Waals surface area contributed by atoms with Crippen LogP contribution in [-0.4, -0.2) is 37.4 Å². The van der Waals surface area contributed by atoms with Gasteiger partial charge in [0.25, 0.3) is 0 Å². The molecule has 3 N–H and O–H groups in total. The van der Waals surface area contributed by atoms with E-state index in [0.717, 1.165) is 13.0 Å². The molecule has 1 aliphatic heterocycles. The first-order chi connectivity index (χ1) is 5.88. The van der Waals surface area contributed by atoms with E-state index < -0.39 is 0 Å². The van der Waals surface area contributed by atoms with Crippen molar-refractivity contribution in [3.8, 4) is 0 Å². The van der Waals surface area contributed by atoms with Crippen LogP contribution in [0.25, 0.3) is 0 Å². The van der Waals surface area contributed by atoms with Crippen LogP contribution in [0.3, 0.4) is 0 Å². The van der Waals surface area contributed by atoms with Crippen LogP contribution in [-0.2, 0) is 0 Å². The minimum atomic E-state index is 0.281. The maximum Gasteiger partial charge on any atom is 0.0446 e. The van der Waals surface area contributed by atoms with Gasteiger partial charge in [0.05, 0.1) is 0 Å². The predicted octanol–water partition coefficient (Wildman–Crippen LogP) is 0.0989. The normalized spacial score (nSPS) is 27.0. The topological polar surface area (TPSA) is 44.3 Å². The van der Waals surface area contributed by atoms with Gasteiger partial charge in [-0.2, -0.15) is 0 Å². The van der Waals surface area contributed by atoms with Gasteiger partial charge in [-0.05, 0) is 32.9 Å². The minimum absolute atomic E-state index is 0.281. The van der Waals surface area contributed by atoms with Crippen LogP contribution in [0.15, 0.2) is 0 Å². The lowest BCUT2D eigenvalue weighted by Gasteiger charge is -2.30. The van der Waals surface area contributed by atoms with Crippen molar-refractivity contribution in [3.05, 3.63) is 0 Å². The molecular formula is C9H20N2O. The summed E-state index contributed by atoms with van der Waals surface area (Å²) in [6.07, 6.45) is 4.72. The van der Waals surface area contributed by atoms with E-state index in [1.54, 1.807) is 0 Å². The average Bonchev–Trinajstić information content (AvgIpc) is 2.15. The first-order valence-corrected chi connectivity index (χ1v) is 4.90. The Morgan fingerprint density at radius 3 is 2.92 bits per heavy atom. The Kier molecular flexibility index (Phi) is 4.58. The Morgan fingerprint density at radius 2 is 2.42 bits per heavy atom. The molecule has 0 aromatic heterocycles. The molecule has 1 aliphatic rings. The molecule has 3 heteroatoms. The van der Waals surface area contributed by atoms with E-state index >= 15 is 0 Å². The number of hydrogen-bond acceptors (Lipinski definition) is 3. The van der Waals surface area contributed by atoms with Gasteiger partial charge in [-0.15, -0.1) is 0 Å². The largest absolute Gasteiger partial charge is 0.396 e. The summed E-state index contributed by atoms with van der Waals surface area (Å²) in [5.74, 6) is 0. The lowest BCUT2D eigenvalue weighted by molar-refractivity contribution is 0.234. The fraction of sp³-hybridized carbons (Fsp3) is 1.00. The van der Waals surface area contributed by atoms with Gasteiger partial charge in [0.1, 0.15) is 0 Å². The molecule has 1 rings (SSSR count). The van der Waals surface area contributed by atoms with Gasteiger partial charge in [0, 0.05) is 18.7 Å². The summed E-state index contributed by atoms with van der Waals surface area (Å²) in [4.78, 5) is 0. The third-order valence-corrected chi connectivity index (χ3v) is 2.65. The number of likely N-dealkylation sites (N-methyl/N-ethyl adjacent to an activating group) is 1. The molecule has 1 fully saturated rings. The van der Waals surface area contributed by atoms with Crippen molar-refractivity contribution in [1.29, 1.82) is 0 Å². The molecule has 0 aromatic rings. The highest BCUT2D eigenvalue weighted by molar-refractivity contribution is 4.83. The molecular weight excluding hydrogens is 152 g/mol. The summed E-state index contributed by atoms with van der Waals surface area (Å²) in [5.41, 5.74) is 0. The maximum absolute atomic E-state index is 8.83. The summed E-state index contributed by atoms with van der Waals surface area (Å²) < 4.78 is 0. The van der Waals surface area contributed by atoms with Gasteiger partial charge in [-0.25, -0.2) is 0 Å². The summed E-state index contributed by atoms with van der Waals surface area (Å²) >= 11 is 0. The standard InChI is InChI=1S/C9H20N2O/c1-10-8(5-7-12)9-4-2-3-6-11-9/h8-12H,2-7H2,1H3/t8-,9+/m1/s1. The first-order valence-electron chi connectivity index (χ1n) is 4.90. The van der Waals surface area contributed by atoms with Crippen LogP contribution in [0.2, 0.25) is 0 Å². The van der Waals surface area contributed by atoms with Crippen molar-refractivity contribution in [1.82, 2.24) is 10.6 Å². The second-order valence-electron chi connectivity index (χ2n) is 3.46. The Morgan fingerprint density at radius 1 is 1.58 bits per heavy atom. The van der Waals surface area contributed by atoms with E-state index in [-0.39, 0.29) is 6.61 Å². The number of rotatable bonds is 4. The van der Waals surface area contributed by atoms with Crippen LogP contribution in [0, 0.1) is 0 Å². The Labute approximate surface area is 74.5 Å². The highest BCUT2D eigenvalue weighted by atomic mass is 16.3. The fourth-order valence-corrected chi connectivity index (χ4v) is 1.91. The zero-order valence-corrected chi connectivity index (χ0v) is 7.84. The van der Waals surface area contributed by atoms with E-state index in [9.17, 15) is 0 Å². The summed E-state index contributed by atoms with van der Waals surface area (Å²) in [6.45, 7) is 1.41. The molecule has 1 heterocycles. The van der Waals surface area contributed by atoms with E-state index in [4.69, 9.17) is 5.11 Å². The summed E-state index contributed by atoms with van der Waals surface area (Å²) in [7, 11) is 1.97. The van der Waals surface area contributed by atoms with E-state index in [1.165, 1.54) is 19.3 Å². The van der Waals surface area contributed by atoms with E-state index in [0.29, 0.717) is 12.1 Å². The van der Waals surface area contributed by atoms with Crippen LogP contribution >= 0.6 is 0 Å². The minimum Gasteiger partial charge on any atom is -0.396 e. The number of nitrogens with one attached hydrogen (secondary N) is 2. The molecule has 0 radical (unpaired) electrons. The molecule has 0 spiro atoms. The van der Waals surface area contributed by atoms with Crippen LogP contribution < -0.4 is 10.6 Å². The molecule has 1 saturated heterocycles. The van der Waals surface area contributed by atoms with Crippen LogP contribution in [0.5, 0.6) is 0 Å². The number of hydrogen-bond donors (Lipinski definition) is 3. The Balaban J connectivity index is 2.29. The van der Waals surface area contributed by atoms with Gasteiger partial charge >= 0.3 is 0 Å². The Bertz CT molecular complexity index is 110. The van der Waals surface area contributed by atoms with Crippen molar-refractivity contribution >= 4 is 0 Å². The van der Waals surface area contributed by atoms with Gasteiger partial charge in [-0.3, -0.25) is 0 Å². The average molecular weight is 172 g/mol. The lowest BCUT2D eigenvalue weighted by Crippen LogP contribution is -2.49. The van der Waals surface area contributed by atoms with Crippen molar-refractivity contribution in [2.24, 2.45) is 0 Å². The van der Waals surface area contributed by atoms with Crippen molar-refractivity contribution in [3.63, 3.8) is 0 Å². The second kappa shape index (κ2) is 5.51. The predicted molar refractivity (Wildman–Crippen MR) is 50.2 cm³/mol. The van der Waals surface area contributed by atoms with Gasteiger partial charge < -0.3 is 15.7 Å². The number of aliphatic hydroxyl groups is 1. The summed E-state index contributed by atoms with van der Waals surface area (Å²) in [5, 5.41) is 15.6. The van der Waals surface area contributed by atoms with Crippen molar-refractivity contribution in [2.45, 2.75) is 37.8 Å². The van der Waals surface area contributed by atoms with Crippen molar-refractivity contribution < 1.29 is 5.11 Å². The highest BCUT2D eigenvalue weighted by Crippen LogP contribution is 2.11. The summed E-state index contributed by atoms with van der Waals surface area (Å²) in [6, 6.07) is 1.01. The zero-order valence-electron chi connectivity index (χ0n) is 7.84. The smallest absolute Gasteiger partial charge is 0.0446 e. The molecule has 2 atom stereocenters. The number of piperidine rings is 1. The molecule has 0 amide bonds. The van der Waals surface area contributed by atoms with Gasteiger partial charge in [0.15, 0.2) is 0 Å². The van der Waals surface area contributed by atoms with Crippen molar-refractivity contribution in [2.75, 3.05) is 20.2 Å². The third kappa shape index (κ3) is 2.73. The molecule has 0 aromatic carbocycles. The van der Waals surface area contributed by atoms with Gasteiger partial charge in [0.2, 0.25) is 0 Å². The molecule has 12 heavy (non-hydrogen) atoms. The number of aliphatic hydroxyl groups excluding tert-OH is 1. The molecule has 3 nitrogen and oxygen atoms in total. The fourth-order valence-electron chi connectivity index (χ4n) is 1.91. The second-order valence-corrected chi connectivity index (χ2v) is 3.46. The van der Waals surface area contributed by atoms with Gasteiger partial charge in [-0.1, -0.05) is 6.42 Å². The van der Waals surface area contributed by atoms with E-state index in [1.807, 2.05) is 7.05 Å². The SMILES string of the molecule is CN[C@H](CCO)[C@@H]1CCCCN1. The van der Waals surface area contributed by atoms with E-state index in [2.05, 4.69) is 10.6 Å². The van der Waals surface area contributed by atoms with Crippen LogP contribution in [0.1, 0.15) is 25.7 Å². The lowest BCUT2D eigenvalue weighted by atomic mass is 9.96. The first kappa shape index (κ1) is 9.96. The maximum atomic E-state index is 8.83. The highest BCUT2D eigenvalue weighted by Gasteiger charge is 2.20. The third-order valence-electron chi connectivity index (χ3n) is 2.65. The quantitative estimate of drug-likeness (QED) is 0.563. The molecule has 0 bridgehead atoms. The molecule has 0 aliphatic carbocycles. The van der Waals surface area contributed by atoms with Crippen LogP contribution in [0.4, 0.5) is 0 Å². The Hall–Kier alpha value is -0.120. The molecule has 72 valence electrons. The zero-order chi connectivity index (χ0) is 8.81.